The van der Waals surface area contributed by atoms with Crippen molar-refractivity contribution in [1.29, 1.82) is 0 Å². The minimum Gasteiger partial charge on any atom is -0.633 e. The monoisotopic (exact) mass is 144 g/mol. The second-order valence-electron chi connectivity index (χ2n) is 3.51. The smallest absolute Gasteiger partial charge is 0.0985 e. The van der Waals surface area contributed by atoms with Crippen LogP contribution in [0.1, 0.15) is 6.92 Å². The van der Waals surface area contributed by atoms with Crippen LogP contribution in [0.15, 0.2) is 0 Å². The Labute approximate surface area is 62.4 Å². The number of hydroxylamine groups is 3. The minimum atomic E-state index is -0.0651. The summed E-state index contributed by atoms with van der Waals surface area (Å²) in [4.78, 5) is 2.21. The lowest BCUT2D eigenvalue weighted by Crippen LogP contribution is -2.58. The third-order valence-electron chi connectivity index (χ3n) is 2.43. The van der Waals surface area contributed by atoms with E-state index in [2.05, 4.69) is 11.9 Å². The maximum atomic E-state index is 11.5. The molecule has 10 heavy (non-hydrogen) atoms. The standard InChI is InChI=1S/C7H16N2O/c1-7-6-8(2)4-5-9(7,3)10/h7H,4-6H2,1-3H3/t7-,9?/m1/s1. The molecule has 1 saturated heterocycles. The maximum absolute atomic E-state index is 11.5. The van der Waals surface area contributed by atoms with Crippen LogP contribution in [0.4, 0.5) is 0 Å². The highest BCUT2D eigenvalue weighted by molar-refractivity contribution is 4.65. The Morgan fingerprint density at radius 2 is 2.20 bits per heavy atom. The SMILES string of the molecule is C[C@@H]1CN(C)CC[N+]1(C)[O-]. The van der Waals surface area contributed by atoms with Gasteiger partial charge in [-0.2, -0.15) is 0 Å². The summed E-state index contributed by atoms with van der Waals surface area (Å²) in [5.74, 6) is 0. The van der Waals surface area contributed by atoms with E-state index in [-0.39, 0.29) is 10.7 Å². The molecule has 1 aliphatic heterocycles. The molecule has 0 aromatic heterocycles. The van der Waals surface area contributed by atoms with Crippen LogP contribution in [-0.4, -0.2) is 49.3 Å². The molecule has 3 heteroatoms. The maximum Gasteiger partial charge on any atom is 0.0985 e. The Morgan fingerprint density at radius 3 is 2.60 bits per heavy atom. The minimum absolute atomic E-state index is 0.0651. The Kier molecular flexibility index (Phi) is 1.99. The quantitative estimate of drug-likeness (QED) is 0.360. The van der Waals surface area contributed by atoms with Crippen molar-refractivity contribution in [3.63, 3.8) is 0 Å². The van der Waals surface area contributed by atoms with E-state index in [0.717, 1.165) is 19.6 Å². The third-order valence-corrected chi connectivity index (χ3v) is 2.43. The van der Waals surface area contributed by atoms with E-state index < -0.39 is 0 Å². The Morgan fingerprint density at radius 1 is 1.60 bits per heavy atom. The van der Waals surface area contributed by atoms with Crippen LogP contribution in [0.2, 0.25) is 0 Å². The molecular formula is C7H16N2O. The molecule has 0 saturated carbocycles. The Balaban J connectivity index is 2.52. The van der Waals surface area contributed by atoms with Gasteiger partial charge in [-0.05, 0) is 14.0 Å². The first kappa shape index (κ1) is 7.98. The zero-order valence-corrected chi connectivity index (χ0v) is 7.00. The highest BCUT2D eigenvalue weighted by Gasteiger charge is 2.26. The van der Waals surface area contributed by atoms with Crippen LogP contribution in [-0.2, 0) is 0 Å². The van der Waals surface area contributed by atoms with Crippen LogP contribution in [0.25, 0.3) is 0 Å². The number of piperazine rings is 1. The summed E-state index contributed by atoms with van der Waals surface area (Å²) in [5.41, 5.74) is 0. The summed E-state index contributed by atoms with van der Waals surface area (Å²) >= 11 is 0. The molecule has 1 heterocycles. The number of rotatable bonds is 0. The molecule has 0 spiro atoms. The van der Waals surface area contributed by atoms with Crippen molar-refractivity contribution in [2.45, 2.75) is 13.0 Å². The average Bonchev–Trinajstić information content (AvgIpc) is 1.81. The molecule has 0 aromatic rings. The van der Waals surface area contributed by atoms with Gasteiger partial charge >= 0.3 is 0 Å². The molecule has 0 N–H and O–H groups in total. The predicted octanol–water partition coefficient (Wildman–Crippen LogP) is 0.265. The third kappa shape index (κ3) is 1.48. The van der Waals surface area contributed by atoms with Crippen molar-refractivity contribution in [2.24, 2.45) is 0 Å². The van der Waals surface area contributed by atoms with Gasteiger partial charge < -0.3 is 9.85 Å². The van der Waals surface area contributed by atoms with Crippen LogP contribution >= 0.6 is 0 Å². The molecule has 0 bridgehead atoms. The van der Waals surface area contributed by atoms with Gasteiger partial charge in [0.15, 0.2) is 0 Å². The highest BCUT2D eigenvalue weighted by Crippen LogP contribution is 2.13. The topological polar surface area (TPSA) is 26.3 Å². The molecule has 60 valence electrons. The molecule has 0 radical (unpaired) electrons. The zero-order valence-electron chi connectivity index (χ0n) is 7.00. The molecule has 1 fully saturated rings. The van der Waals surface area contributed by atoms with Crippen molar-refractivity contribution in [3.8, 4) is 0 Å². The second-order valence-corrected chi connectivity index (χ2v) is 3.51. The molecule has 2 atom stereocenters. The number of likely N-dealkylation sites (N-methyl/N-ethyl adjacent to an activating group) is 2. The van der Waals surface area contributed by atoms with Crippen LogP contribution in [0.5, 0.6) is 0 Å². The first-order valence-corrected chi connectivity index (χ1v) is 3.77. The van der Waals surface area contributed by atoms with Gasteiger partial charge in [0.2, 0.25) is 0 Å². The molecule has 3 nitrogen and oxygen atoms in total. The highest BCUT2D eigenvalue weighted by atomic mass is 16.5. The van der Waals surface area contributed by atoms with E-state index in [0.29, 0.717) is 0 Å². The van der Waals surface area contributed by atoms with Gasteiger partial charge in [-0.15, -0.1) is 0 Å². The zero-order chi connectivity index (χ0) is 7.78. The van der Waals surface area contributed by atoms with E-state index in [9.17, 15) is 5.21 Å². The fraction of sp³-hybridized carbons (Fsp3) is 1.00. The normalized spacial score (nSPS) is 43.8. The van der Waals surface area contributed by atoms with Gasteiger partial charge in [0, 0.05) is 6.54 Å². The largest absolute Gasteiger partial charge is 0.633 e. The predicted molar refractivity (Wildman–Crippen MR) is 41.4 cm³/mol. The average molecular weight is 144 g/mol. The second kappa shape index (κ2) is 2.49. The van der Waals surface area contributed by atoms with E-state index in [1.165, 1.54) is 0 Å². The van der Waals surface area contributed by atoms with E-state index in [1.807, 2.05) is 6.92 Å². The molecule has 1 aliphatic rings. The molecule has 1 rings (SSSR count). The number of hydrogen-bond donors (Lipinski definition) is 0. The van der Waals surface area contributed by atoms with Gasteiger partial charge in [-0.3, -0.25) is 4.90 Å². The lowest BCUT2D eigenvalue weighted by molar-refractivity contribution is -0.889. The summed E-state index contributed by atoms with van der Waals surface area (Å²) in [6.07, 6.45) is 0. The van der Waals surface area contributed by atoms with Gasteiger partial charge in [0.25, 0.3) is 0 Å². The van der Waals surface area contributed by atoms with Crippen LogP contribution < -0.4 is 0 Å². The van der Waals surface area contributed by atoms with Crippen molar-refractivity contribution in [1.82, 2.24) is 4.90 Å². The number of nitrogens with zero attached hydrogens (tertiary/aromatic N) is 2. The first-order valence-electron chi connectivity index (χ1n) is 3.77. The summed E-state index contributed by atoms with van der Waals surface area (Å²) < 4.78 is -0.0651. The Hall–Kier alpha value is -0.120. The lowest BCUT2D eigenvalue weighted by atomic mass is 10.2. The fourth-order valence-electron chi connectivity index (χ4n) is 1.30. The first-order chi connectivity index (χ1) is 4.52. The van der Waals surface area contributed by atoms with Gasteiger partial charge in [-0.1, -0.05) is 0 Å². The van der Waals surface area contributed by atoms with Gasteiger partial charge in [0.05, 0.1) is 26.2 Å². The Bertz CT molecular complexity index is 125. The fourth-order valence-corrected chi connectivity index (χ4v) is 1.30. The number of quaternary nitrogens is 1. The van der Waals surface area contributed by atoms with Crippen molar-refractivity contribution in [2.75, 3.05) is 33.7 Å². The van der Waals surface area contributed by atoms with E-state index in [1.54, 1.807) is 7.05 Å². The molecule has 1 unspecified atom stereocenters. The van der Waals surface area contributed by atoms with Gasteiger partial charge in [0.1, 0.15) is 0 Å². The summed E-state index contributed by atoms with van der Waals surface area (Å²) in [6.45, 7) is 4.62. The van der Waals surface area contributed by atoms with Crippen molar-refractivity contribution >= 4 is 0 Å². The summed E-state index contributed by atoms with van der Waals surface area (Å²) in [6, 6.07) is 0.235. The van der Waals surface area contributed by atoms with E-state index in [4.69, 9.17) is 0 Å². The molecule has 0 aliphatic carbocycles. The lowest BCUT2D eigenvalue weighted by Gasteiger charge is -2.49. The van der Waals surface area contributed by atoms with Crippen LogP contribution in [0, 0.1) is 5.21 Å². The molecule has 0 amide bonds. The van der Waals surface area contributed by atoms with Crippen molar-refractivity contribution < 1.29 is 4.65 Å². The van der Waals surface area contributed by atoms with Crippen LogP contribution in [0.3, 0.4) is 0 Å². The molecule has 0 aromatic carbocycles. The van der Waals surface area contributed by atoms with E-state index >= 15 is 0 Å². The number of hydrogen-bond acceptors (Lipinski definition) is 2. The van der Waals surface area contributed by atoms with Gasteiger partial charge in [-0.25, -0.2) is 0 Å². The van der Waals surface area contributed by atoms with Crippen molar-refractivity contribution in [3.05, 3.63) is 5.21 Å². The summed E-state index contributed by atoms with van der Waals surface area (Å²) in [5, 5.41) is 11.5. The summed E-state index contributed by atoms with van der Waals surface area (Å²) in [7, 11) is 3.83. The molecular weight excluding hydrogens is 128 g/mol.